The molecule has 1 aromatic carbocycles. The van der Waals surface area contributed by atoms with Gasteiger partial charge in [-0.2, -0.15) is 0 Å². The van der Waals surface area contributed by atoms with E-state index < -0.39 is 12.1 Å². The third kappa shape index (κ3) is 3.77. The van der Waals surface area contributed by atoms with Crippen molar-refractivity contribution in [2.45, 2.75) is 69.5 Å². The number of carbonyl (C=O) groups excluding carboxylic acids is 3. The van der Waals surface area contributed by atoms with Crippen molar-refractivity contribution in [1.82, 2.24) is 15.5 Å². The third-order valence-electron chi connectivity index (χ3n) is 6.49. The SMILES string of the molecule is CC[C@@H](C)[C@H](NC(=O)[C@@H]1CS[C@H]2c3ccccc3C(=O)N12)C(=O)NC1CCCC1. The Bertz CT molecular complexity index is 808. The summed E-state index contributed by atoms with van der Waals surface area (Å²) in [6, 6.07) is 6.66. The van der Waals surface area contributed by atoms with Crippen molar-refractivity contribution < 1.29 is 14.4 Å². The molecule has 2 aliphatic heterocycles. The number of thioether (sulfide) groups is 1. The number of benzene rings is 1. The summed E-state index contributed by atoms with van der Waals surface area (Å²) in [5, 5.41) is 6.00. The van der Waals surface area contributed by atoms with Gasteiger partial charge in [-0.3, -0.25) is 14.4 Å². The van der Waals surface area contributed by atoms with Gasteiger partial charge in [0.25, 0.3) is 5.91 Å². The molecule has 1 aliphatic carbocycles. The fourth-order valence-electron chi connectivity index (χ4n) is 4.55. The highest BCUT2D eigenvalue weighted by Gasteiger charge is 2.48. The van der Waals surface area contributed by atoms with E-state index in [9.17, 15) is 14.4 Å². The standard InChI is InChI=1S/C22H29N3O3S/c1-3-13(2)18(20(27)23-14-8-4-5-9-14)24-19(26)17-12-29-22-16-11-7-6-10-15(16)21(28)25(17)22/h6-7,10-11,13-14,17-18,22H,3-5,8-9,12H2,1-2H3,(H,23,27)(H,24,26)/t13-,17+,18+,22+/m1/s1. The Kier molecular flexibility index (Phi) is 5.86. The molecule has 156 valence electrons. The summed E-state index contributed by atoms with van der Waals surface area (Å²) in [5.74, 6) is 0.155. The predicted octanol–water partition coefficient (Wildman–Crippen LogP) is 2.85. The number of nitrogens with one attached hydrogen (secondary N) is 2. The third-order valence-corrected chi connectivity index (χ3v) is 7.79. The molecule has 2 heterocycles. The average Bonchev–Trinajstić information content (AvgIpc) is 3.45. The minimum absolute atomic E-state index is 0.0247. The van der Waals surface area contributed by atoms with Crippen LogP contribution in [0.3, 0.4) is 0 Å². The number of hydrogen-bond donors (Lipinski definition) is 2. The molecule has 0 radical (unpaired) electrons. The number of rotatable bonds is 6. The molecular weight excluding hydrogens is 386 g/mol. The van der Waals surface area contributed by atoms with Gasteiger partial charge in [0, 0.05) is 17.4 Å². The van der Waals surface area contributed by atoms with Crippen LogP contribution >= 0.6 is 11.8 Å². The minimum atomic E-state index is -0.572. The topological polar surface area (TPSA) is 78.5 Å². The van der Waals surface area contributed by atoms with E-state index in [2.05, 4.69) is 10.6 Å². The molecule has 0 spiro atoms. The van der Waals surface area contributed by atoms with E-state index >= 15 is 0 Å². The zero-order valence-corrected chi connectivity index (χ0v) is 17.8. The molecule has 29 heavy (non-hydrogen) atoms. The Morgan fingerprint density at radius 2 is 1.97 bits per heavy atom. The first kappa shape index (κ1) is 20.3. The fraction of sp³-hybridized carbons (Fsp3) is 0.591. The zero-order chi connectivity index (χ0) is 20.5. The van der Waals surface area contributed by atoms with Crippen LogP contribution in [-0.4, -0.2) is 46.5 Å². The molecule has 6 nitrogen and oxygen atoms in total. The van der Waals surface area contributed by atoms with E-state index in [1.54, 1.807) is 16.7 Å². The lowest BCUT2D eigenvalue weighted by Crippen LogP contribution is -2.56. The van der Waals surface area contributed by atoms with Crippen molar-refractivity contribution in [3.8, 4) is 0 Å². The van der Waals surface area contributed by atoms with Crippen LogP contribution in [-0.2, 0) is 9.59 Å². The Morgan fingerprint density at radius 3 is 2.69 bits per heavy atom. The Labute approximate surface area is 176 Å². The van der Waals surface area contributed by atoms with Crippen molar-refractivity contribution in [1.29, 1.82) is 0 Å². The maximum Gasteiger partial charge on any atom is 0.256 e. The molecule has 1 saturated carbocycles. The first-order valence-corrected chi connectivity index (χ1v) is 11.7. The van der Waals surface area contributed by atoms with Gasteiger partial charge in [0.05, 0.1) is 0 Å². The van der Waals surface area contributed by atoms with Gasteiger partial charge in [-0.1, -0.05) is 51.3 Å². The van der Waals surface area contributed by atoms with Gasteiger partial charge in [-0.25, -0.2) is 0 Å². The monoisotopic (exact) mass is 415 g/mol. The molecule has 1 saturated heterocycles. The summed E-state index contributed by atoms with van der Waals surface area (Å²) >= 11 is 1.62. The molecule has 1 aromatic rings. The lowest BCUT2D eigenvalue weighted by molar-refractivity contribution is -0.132. The summed E-state index contributed by atoms with van der Waals surface area (Å²) in [4.78, 5) is 40.6. The molecule has 2 N–H and O–H groups in total. The lowest BCUT2D eigenvalue weighted by Gasteiger charge is -2.28. The van der Waals surface area contributed by atoms with Gasteiger partial charge >= 0.3 is 0 Å². The first-order valence-electron chi connectivity index (χ1n) is 10.6. The summed E-state index contributed by atoms with van der Waals surface area (Å²) in [7, 11) is 0. The average molecular weight is 416 g/mol. The number of nitrogens with zero attached hydrogens (tertiary/aromatic N) is 1. The van der Waals surface area contributed by atoms with Crippen LogP contribution in [0.5, 0.6) is 0 Å². The largest absolute Gasteiger partial charge is 0.352 e. The van der Waals surface area contributed by atoms with Crippen LogP contribution in [0.4, 0.5) is 0 Å². The Hall–Kier alpha value is -2.02. The maximum absolute atomic E-state index is 13.2. The quantitative estimate of drug-likeness (QED) is 0.749. The second-order valence-electron chi connectivity index (χ2n) is 8.36. The molecule has 3 amide bonds. The fourth-order valence-corrected chi connectivity index (χ4v) is 6.02. The lowest BCUT2D eigenvalue weighted by atomic mass is 9.97. The second kappa shape index (κ2) is 8.38. The van der Waals surface area contributed by atoms with E-state index in [1.807, 2.05) is 38.1 Å². The van der Waals surface area contributed by atoms with E-state index in [1.165, 1.54) is 0 Å². The van der Waals surface area contributed by atoms with Crippen LogP contribution in [0.1, 0.15) is 67.2 Å². The summed E-state index contributed by atoms with van der Waals surface area (Å²) in [5.41, 5.74) is 1.66. The van der Waals surface area contributed by atoms with Gasteiger partial charge in [0.1, 0.15) is 17.5 Å². The van der Waals surface area contributed by atoms with Crippen molar-refractivity contribution in [2.24, 2.45) is 5.92 Å². The number of fused-ring (bicyclic) bond motifs is 3. The van der Waals surface area contributed by atoms with Crippen LogP contribution in [0.25, 0.3) is 0 Å². The van der Waals surface area contributed by atoms with E-state index in [4.69, 9.17) is 0 Å². The summed E-state index contributed by atoms with van der Waals surface area (Å²) in [6.07, 6.45) is 5.09. The van der Waals surface area contributed by atoms with Crippen LogP contribution < -0.4 is 10.6 Å². The number of hydrogen-bond acceptors (Lipinski definition) is 4. The second-order valence-corrected chi connectivity index (χ2v) is 9.48. The summed E-state index contributed by atoms with van der Waals surface area (Å²) in [6.45, 7) is 4.01. The smallest absolute Gasteiger partial charge is 0.256 e. The maximum atomic E-state index is 13.2. The highest BCUT2D eigenvalue weighted by Crippen LogP contribution is 2.48. The Balaban J connectivity index is 1.47. The molecule has 3 aliphatic rings. The molecular formula is C22H29N3O3S. The van der Waals surface area contributed by atoms with Crippen molar-refractivity contribution in [2.75, 3.05) is 5.75 Å². The molecule has 0 aromatic heterocycles. The minimum Gasteiger partial charge on any atom is -0.352 e. The zero-order valence-electron chi connectivity index (χ0n) is 17.0. The van der Waals surface area contributed by atoms with E-state index in [-0.39, 0.29) is 35.1 Å². The molecule has 2 fully saturated rings. The molecule has 4 rings (SSSR count). The normalized spacial score (nSPS) is 25.4. The summed E-state index contributed by atoms with van der Waals surface area (Å²) < 4.78 is 0. The van der Waals surface area contributed by atoms with Crippen molar-refractivity contribution >= 4 is 29.5 Å². The highest BCUT2D eigenvalue weighted by molar-refractivity contribution is 7.99. The number of carbonyl (C=O) groups is 3. The molecule has 4 atom stereocenters. The van der Waals surface area contributed by atoms with E-state index in [0.717, 1.165) is 37.7 Å². The first-order chi connectivity index (χ1) is 14.0. The molecule has 7 heteroatoms. The van der Waals surface area contributed by atoms with Crippen LogP contribution in [0.2, 0.25) is 0 Å². The Morgan fingerprint density at radius 1 is 1.24 bits per heavy atom. The van der Waals surface area contributed by atoms with E-state index in [0.29, 0.717) is 11.3 Å². The van der Waals surface area contributed by atoms with Gasteiger partial charge in [-0.05, 0) is 30.4 Å². The number of amides is 3. The molecule has 0 unspecified atom stereocenters. The van der Waals surface area contributed by atoms with Crippen molar-refractivity contribution in [3.63, 3.8) is 0 Å². The van der Waals surface area contributed by atoms with Gasteiger partial charge in [-0.15, -0.1) is 11.8 Å². The molecule has 0 bridgehead atoms. The van der Waals surface area contributed by atoms with Gasteiger partial charge < -0.3 is 15.5 Å². The van der Waals surface area contributed by atoms with Crippen LogP contribution in [0, 0.1) is 5.92 Å². The van der Waals surface area contributed by atoms with Crippen LogP contribution in [0.15, 0.2) is 24.3 Å². The highest BCUT2D eigenvalue weighted by atomic mass is 32.2. The predicted molar refractivity (Wildman–Crippen MR) is 113 cm³/mol. The van der Waals surface area contributed by atoms with Gasteiger partial charge in [0.15, 0.2) is 0 Å². The van der Waals surface area contributed by atoms with Gasteiger partial charge in [0.2, 0.25) is 11.8 Å². The van der Waals surface area contributed by atoms with Crippen molar-refractivity contribution in [3.05, 3.63) is 35.4 Å².